The number of fused-ring (bicyclic) bond motifs is 1. The number of aliphatic hydroxyl groups excluding tert-OH is 1. The van der Waals surface area contributed by atoms with E-state index >= 15 is 0 Å². The molecule has 72 valence electrons. The number of hydrogen-bond acceptors (Lipinski definition) is 4. The highest BCUT2D eigenvalue weighted by molar-refractivity contribution is 5.84. The number of rotatable bonds is 1. The normalized spacial score (nSPS) is 10.6. The number of aliphatic hydroxyl groups is 1. The van der Waals surface area contributed by atoms with E-state index in [4.69, 9.17) is 10.2 Å². The van der Waals surface area contributed by atoms with Crippen molar-refractivity contribution >= 4 is 17.1 Å². The minimum atomic E-state index is -1.18. The van der Waals surface area contributed by atoms with Crippen molar-refractivity contribution in [3.8, 4) is 0 Å². The highest BCUT2D eigenvalue weighted by Crippen LogP contribution is 2.12. The zero-order valence-corrected chi connectivity index (χ0v) is 7.08. The Kier molecular flexibility index (Phi) is 1.90. The fourth-order valence-electron chi connectivity index (χ4n) is 1.21. The second-order valence-corrected chi connectivity index (χ2v) is 2.77. The summed E-state index contributed by atoms with van der Waals surface area (Å²) >= 11 is 0. The first kappa shape index (κ1) is 8.64. The van der Waals surface area contributed by atoms with Crippen LogP contribution in [0.1, 0.15) is 5.56 Å². The maximum atomic E-state index is 10.6. The van der Waals surface area contributed by atoms with E-state index in [1.807, 2.05) is 0 Å². The van der Waals surface area contributed by atoms with E-state index in [1.54, 1.807) is 18.2 Å². The quantitative estimate of drug-likeness (QED) is 0.686. The highest BCUT2D eigenvalue weighted by atomic mass is 16.4. The predicted octanol–water partition coefficient (Wildman–Crippen LogP) is 0.450. The zero-order chi connectivity index (χ0) is 10.1. The third kappa shape index (κ3) is 1.21. The molecule has 6 heteroatoms. The second-order valence-electron chi connectivity index (χ2n) is 2.77. The minimum absolute atomic E-state index is 0.101. The molecule has 0 spiro atoms. The summed E-state index contributed by atoms with van der Waals surface area (Å²) in [6.07, 6.45) is -1.18. The standard InChI is InChI=1S/C8H7N3O3/c12-4-5-1-2-7-6(3-5)9-10-11(7)8(13)14/h1-3,12H,4H2,(H,13,14). The molecule has 0 aliphatic heterocycles. The van der Waals surface area contributed by atoms with Gasteiger partial charge in [0.05, 0.1) is 6.61 Å². The SMILES string of the molecule is O=C(O)n1nnc2cc(CO)ccc21. The van der Waals surface area contributed by atoms with Crippen LogP contribution in [-0.2, 0) is 6.61 Å². The molecule has 2 aromatic rings. The molecular formula is C8H7N3O3. The van der Waals surface area contributed by atoms with Crippen LogP contribution < -0.4 is 0 Å². The van der Waals surface area contributed by atoms with Crippen LogP contribution in [0.25, 0.3) is 11.0 Å². The van der Waals surface area contributed by atoms with Gasteiger partial charge in [0.2, 0.25) is 0 Å². The van der Waals surface area contributed by atoms with Gasteiger partial charge in [-0.2, -0.15) is 0 Å². The maximum absolute atomic E-state index is 10.6. The fraction of sp³-hybridized carbons (Fsp3) is 0.125. The summed E-state index contributed by atoms with van der Waals surface area (Å²) in [4.78, 5) is 10.6. The lowest BCUT2D eigenvalue weighted by atomic mass is 10.2. The molecule has 0 radical (unpaired) electrons. The van der Waals surface area contributed by atoms with Crippen LogP contribution >= 0.6 is 0 Å². The molecule has 0 aliphatic rings. The molecule has 2 rings (SSSR count). The molecule has 6 nitrogen and oxygen atoms in total. The molecule has 0 saturated heterocycles. The monoisotopic (exact) mass is 193 g/mol. The van der Waals surface area contributed by atoms with Gasteiger partial charge >= 0.3 is 6.09 Å². The first-order chi connectivity index (χ1) is 6.72. The van der Waals surface area contributed by atoms with Crippen LogP contribution in [0.5, 0.6) is 0 Å². The summed E-state index contributed by atoms with van der Waals surface area (Å²) in [7, 11) is 0. The zero-order valence-electron chi connectivity index (χ0n) is 7.08. The molecule has 1 aromatic carbocycles. The van der Waals surface area contributed by atoms with Gasteiger partial charge in [0.25, 0.3) is 0 Å². The van der Waals surface area contributed by atoms with Gasteiger partial charge < -0.3 is 10.2 Å². The lowest BCUT2D eigenvalue weighted by Gasteiger charge is -1.95. The van der Waals surface area contributed by atoms with Crippen molar-refractivity contribution in [2.45, 2.75) is 6.61 Å². The number of aromatic nitrogens is 3. The van der Waals surface area contributed by atoms with Crippen molar-refractivity contribution in [1.29, 1.82) is 0 Å². The Balaban J connectivity index is 2.65. The average Bonchev–Trinajstić information content (AvgIpc) is 2.59. The van der Waals surface area contributed by atoms with Crippen molar-refractivity contribution < 1.29 is 15.0 Å². The van der Waals surface area contributed by atoms with E-state index in [0.29, 0.717) is 16.6 Å². The van der Waals surface area contributed by atoms with Crippen molar-refractivity contribution in [3.05, 3.63) is 23.8 Å². The fourth-order valence-corrected chi connectivity index (χ4v) is 1.21. The summed E-state index contributed by atoms with van der Waals surface area (Å²) in [5.41, 5.74) is 1.54. The average molecular weight is 193 g/mol. The van der Waals surface area contributed by atoms with Crippen LogP contribution in [0.3, 0.4) is 0 Å². The third-order valence-electron chi connectivity index (χ3n) is 1.87. The molecule has 0 bridgehead atoms. The van der Waals surface area contributed by atoms with Crippen LogP contribution in [0.4, 0.5) is 4.79 Å². The Morgan fingerprint density at radius 2 is 2.29 bits per heavy atom. The van der Waals surface area contributed by atoms with E-state index < -0.39 is 6.09 Å². The Morgan fingerprint density at radius 1 is 1.50 bits per heavy atom. The van der Waals surface area contributed by atoms with Crippen molar-refractivity contribution in [2.75, 3.05) is 0 Å². The Morgan fingerprint density at radius 3 is 2.93 bits per heavy atom. The largest absolute Gasteiger partial charge is 0.463 e. The van der Waals surface area contributed by atoms with Crippen molar-refractivity contribution in [3.63, 3.8) is 0 Å². The summed E-state index contributed by atoms with van der Waals surface area (Å²) in [6, 6.07) is 4.79. The van der Waals surface area contributed by atoms with Gasteiger partial charge in [-0.3, -0.25) is 0 Å². The van der Waals surface area contributed by atoms with Crippen LogP contribution in [0, 0.1) is 0 Å². The lowest BCUT2D eigenvalue weighted by molar-refractivity contribution is 0.193. The van der Waals surface area contributed by atoms with Gasteiger partial charge in [-0.1, -0.05) is 11.3 Å². The Labute approximate surface area is 78.4 Å². The third-order valence-corrected chi connectivity index (χ3v) is 1.87. The molecule has 1 aromatic heterocycles. The van der Waals surface area contributed by atoms with Crippen molar-refractivity contribution in [1.82, 2.24) is 15.0 Å². The molecule has 0 unspecified atom stereocenters. The van der Waals surface area contributed by atoms with Crippen molar-refractivity contribution in [2.24, 2.45) is 0 Å². The van der Waals surface area contributed by atoms with Crippen LogP contribution in [-0.4, -0.2) is 31.3 Å². The molecule has 0 atom stereocenters. The highest BCUT2D eigenvalue weighted by Gasteiger charge is 2.09. The van der Waals surface area contributed by atoms with Gasteiger partial charge in [-0.25, -0.2) is 4.79 Å². The van der Waals surface area contributed by atoms with E-state index in [9.17, 15) is 4.79 Å². The maximum Gasteiger partial charge on any atom is 0.434 e. The minimum Gasteiger partial charge on any atom is -0.463 e. The molecule has 1 heterocycles. The summed E-state index contributed by atoms with van der Waals surface area (Å²) in [6.45, 7) is -0.101. The Hall–Kier alpha value is -1.95. The number of nitrogens with zero attached hydrogens (tertiary/aromatic N) is 3. The molecule has 0 fully saturated rings. The summed E-state index contributed by atoms with van der Waals surface area (Å²) in [5.74, 6) is 0. The van der Waals surface area contributed by atoms with Crippen LogP contribution in [0.15, 0.2) is 18.2 Å². The molecule has 0 amide bonds. The molecule has 2 N–H and O–H groups in total. The number of hydrogen-bond donors (Lipinski definition) is 2. The van der Waals surface area contributed by atoms with E-state index in [2.05, 4.69) is 10.3 Å². The Bertz CT molecular complexity index is 492. The second kappa shape index (κ2) is 3.08. The molecular weight excluding hydrogens is 186 g/mol. The van der Waals surface area contributed by atoms with Gasteiger partial charge in [0, 0.05) is 0 Å². The topological polar surface area (TPSA) is 88.2 Å². The van der Waals surface area contributed by atoms with Gasteiger partial charge in [0.1, 0.15) is 11.0 Å². The first-order valence-corrected chi connectivity index (χ1v) is 3.91. The number of carbonyl (C=O) groups is 1. The predicted molar refractivity (Wildman–Crippen MR) is 46.9 cm³/mol. The number of benzene rings is 1. The number of carboxylic acid groups (broad SMARTS) is 1. The molecule has 0 saturated carbocycles. The summed E-state index contributed by atoms with van der Waals surface area (Å²) < 4.78 is 0.788. The van der Waals surface area contributed by atoms with E-state index in [-0.39, 0.29) is 6.61 Å². The van der Waals surface area contributed by atoms with E-state index in [0.717, 1.165) is 4.68 Å². The van der Waals surface area contributed by atoms with Crippen LogP contribution in [0.2, 0.25) is 0 Å². The van der Waals surface area contributed by atoms with Gasteiger partial charge in [-0.15, -0.1) is 9.78 Å². The van der Waals surface area contributed by atoms with Gasteiger partial charge in [-0.05, 0) is 17.7 Å². The summed E-state index contributed by atoms with van der Waals surface area (Å²) in [5, 5.41) is 24.7. The first-order valence-electron chi connectivity index (χ1n) is 3.91. The molecule has 0 aliphatic carbocycles. The molecule has 14 heavy (non-hydrogen) atoms. The lowest BCUT2D eigenvalue weighted by Crippen LogP contribution is -2.09. The smallest absolute Gasteiger partial charge is 0.434 e. The van der Waals surface area contributed by atoms with Gasteiger partial charge in [0.15, 0.2) is 0 Å². The van der Waals surface area contributed by atoms with E-state index in [1.165, 1.54) is 0 Å².